The van der Waals surface area contributed by atoms with E-state index in [2.05, 4.69) is 30.5 Å². The molecular formula is C22H24N2O4S. The first-order chi connectivity index (χ1) is 13.7. The fourth-order valence-electron chi connectivity index (χ4n) is 3.55. The molecule has 2 aromatic rings. The zero-order valence-electron chi connectivity index (χ0n) is 17.2. The minimum atomic E-state index is -0.593. The van der Waals surface area contributed by atoms with E-state index in [0.29, 0.717) is 4.91 Å². The van der Waals surface area contributed by atoms with Crippen molar-refractivity contribution in [2.45, 2.75) is 34.6 Å². The van der Waals surface area contributed by atoms with Crippen LogP contribution >= 0.6 is 11.8 Å². The van der Waals surface area contributed by atoms with Crippen LogP contribution in [0.5, 0.6) is 0 Å². The molecule has 1 aliphatic rings. The number of esters is 1. The molecule has 0 unspecified atom stereocenters. The quantitative estimate of drug-likeness (QED) is 0.541. The standard InChI is InChI=1S/C22H24N2O4S/c1-6-28-19(25)12-23-21(26)18(29-22(23)27)11-17-10-15(4)24(16(17)5)20-13(2)8-7-9-14(20)3/h7-11H,6,12H2,1-5H3. The lowest BCUT2D eigenvalue weighted by atomic mass is 10.1. The fourth-order valence-corrected chi connectivity index (χ4v) is 4.38. The third-order valence-corrected chi connectivity index (χ3v) is 5.79. The summed E-state index contributed by atoms with van der Waals surface area (Å²) in [5.41, 5.74) is 6.33. The molecule has 3 rings (SSSR count). The van der Waals surface area contributed by atoms with Crippen LogP contribution < -0.4 is 0 Å². The fraction of sp³-hybridized carbons (Fsp3) is 0.318. The van der Waals surface area contributed by atoms with Gasteiger partial charge in [0.05, 0.1) is 17.2 Å². The van der Waals surface area contributed by atoms with E-state index in [-0.39, 0.29) is 13.2 Å². The van der Waals surface area contributed by atoms with Crippen LogP contribution in [-0.2, 0) is 14.3 Å². The number of para-hydroxylation sites is 1. The first-order valence-electron chi connectivity index (χ1n) is 9.41. The van der Waals surface area contributed by atoms with E-state index in [1.807, 2.05) is 26.0 Å². The molecule has 0 bridgehead atoms. The van der Waals surface area contributed by atoms with Crippen LogP contribution in [0.15, 0.2) is 29.2 Å². The van der Waals surface area contributed by atoms with Crippen LogP contribution in [-0.4, -0.2) is 39.7 Å². The van der Waals surface area contributed by atoms with Crippen molar-refractivity contribution < 1.29 is 19.1 Å². The topological polar surface area (TPSA) is 68.6 Å². The number of ether oxygens (including phenoxy) is 1. The first kappa shape index (κ1) is 20.9. The molecule has 0 N–H and O–H groups in total. The van der Waals surface area contributed by atoms with Gasteiger partial charge in [-0.05, 0) is 75.2 Å². The maximum atomic E-state index is 12.6. The molecule has 0 saturated carbocycles. The molecule has 1 fully saturated rings. The normalized spacial score (nSPS) is 15.5. The Kier molecular flexibility index (Phi) is 5.98. The minimum absolute atomic E-state index is 0.204. The number of hydrogen-bond donors (Lipinski definition) is 0. The second-order valence-electron chi connectivity index (χ2n) is 6.98. The number of benzene rings is 1. The molecule has 0 atom stereocenters. The van der Waals surface area contributed by atoms with Gasteiger partial charge in [0, 0.05) is 11.4 Å². The first-order valence-corrected chi connectivity index (χ1v) is 10.2. The summed E-state index contributed by atoms with van der Waals surface area (Å²) < 4.78 is 7.01. The number of hydrogen-bond acceptors (Lipinski definition) is 5. The molecule has 29 heavy (non-hydrogen) atoms. The van der Waals surface area contributed by atoms with Gasteiger partial charge in [-0.2, -0.15) is 0 Å². The average molecular weight is 413 g/mol. The monoisotopic (exact) mass is 412 g/mol. The van der Waals surface area contributed by atoms with Gasteiger partial charge in [-0.1, -0.05) is 18.2 Å². The molecule has 0 radical (unpaired) electrons. The van der Waals surface area contributed by atoms with Crippen molar-refractivity contribution in [1.82, 2.24) is 9.47 Å². The third kappa shape index (κ3) is 4.00. The van der Waals surface area contributed by atoms with E-state index < -0.39 is 17.1 Å². The van der Waals surface area contributed by atoms with Gasteiger partial charge in [-0.3, -0.25) is 19.3 Å². The van der Waals surface area contributed by atoms with E-state index >= 15 is 0 Å². The summed E-state index contributed by atoms with van der Waals surface area (Å²) in [6.45, 7) is 9.67. The number of nitrogens with zero attached hydrogens (tertiary/aromatic N) is 2. The molecule has 1 aromatic heterocycles. The number of amides is 2. The van der Waals surface area contributed by atoms with Crippen molar-refractivity contribution in [3.63, 3.8) is 0 Å². The van der Waals surface area contributed by atoms with Crippen molar-refractivity contribution in [3.8, 4) is 5.69 Å². The highest BCUT2D eigenvalue weighted by molar-refractivity contribution is 8.18. The van der Waals surface area contributed by atoms with E-state index in [1.54, 1.807) is 13.0 Å². The summed E-state index contributed by atoms with van der Waals surface area (Å²) in [5, 5.41) is -0.460. The number of aryl methyl sites for hydroxylation is 3. The Morgan fingerprint density at radius 1 is 1.14 bits per heavy atom. The van der Waals surface area contributed by atoms with Crippen LogP contribution in [0.25, 0.3) is 11.8 Å². The highest BCUT2D eigenvalue weighted by Gasteiger charge is 2.36. The molecule has 0 spiro atoms. The van der Waals surface area contributed by atoms with E-state index in [9.17, 15) is 14.4 Å². The molecule has 2 heterocycles. The van der Waals surface area contributed by atoms with E-state index in [4.69, 9.17) is 4.74 Å². The van der Waals surface area contributed by atoms with E-state index in [1.165, 1.54) is 0 Å². The van der Waals surface area contributed by atoms with Crippen LogP contribution in [0.1, 0.15) is 35.0 Å². The number of carbonyl (C=O) groups is 3. The second kappa shape index (κ2) is 8.29. The molecule has 1 aromatic carbocycles. The summed E-state index contributed by atoms with van der Waals surface area (Å²) in [7, 11) is 0. The Bertz CT molecular complexity index is 1020. The predicted molar refractivity (Wildman–Crippen MR) is 114 cm³/mol. The maximum Gasteiger partial charge on any atom is 0.326 e. The summed E-state index contributed by atoms with van der Waals surface area (Å²) in [6.07, 6.45) is 1.72. The van der Waals surface area contributed by atoms with Crippen LogP contribution in [0, 0.1) is 27.7 Å². The lowest BCUT2D eigenvalue weighted by Gasteiger charge is -2.15. The number of carbonyl (C=O) groups excluding carboxylic acids is 3. The molecule has 2 amide bonds. The van der Waals surface area contributed by atoms with Crippen molar-refractivity contribution in [2.24, 2.45) is 0 Å². The predicted octanol–water partition coefficient (Wildman–Crippen LogP) is 4.31. The van der Waals surface area contributed by atoms with Gasteiger partial charge in [0.2, 0.25) is 0 Å². The Balaban J connectivity index is 1.95. The van der Waals surface area contributed by atoms with Crippen molar-refractivity contribution in [1.29, 1.82) is 0 Å². The van der Waals surface area contributed by atoms with Crippen molar-refractivity contribution in [3.05, 3.63) is 57.2 Å². The van der Waals surface area contributed by atoms with Gasteiger partial charge < -0.3 is 9.30 Å². The second-order valence-corrected chi connectivity index (χ2v) is 7.97. The van der Waals surface area contributed by atoms with Gasteiger partial charge in [0.1, 0.15) is 6.54 Å². The summed E-state index contributed by atoms with van der Waals surface area (Å²) in [4.78, 5) is 37.8. The Labute approximate surface area is 174 Å². The Hall–Kier alpha value is -2.80. The largest absolute Gasteiger partial charge is 0.465 e. The number of thioether (sulfide) groups is 1. The van der Waals surface area contributed by atoms with Gasteiger partial charge in [-0.15, -0.1) is 0 Å². The van der Waals surface area contributed by atoms with Crippen LogP contribution in [0.3, 0.4) is 0 Å². The highest BCUT2D eigenvalue weighted by Crippen LogP contribution is 2.34. The van der Waals surface area contributed by atoms with Crippen molar-refractivity contribution in [2.75, 3.05) is 13.2 Å². The SMILES string of the molecule is CCOC(=O)CN1C(=O)SC(=Cc2cc(C)n(-c3c(C)cccc3C)c2C)C1=O. The van der Waals surface area contributed by atoms with Crippen molar-refractivity contribution >= 4 is 35.0 Å². The molecule has 6 nitrogen and oxygen atoms in total. The third-order valence-electron chi connectivity index (χ3n) is 4.89. The lowest BCUT2D eigenvalue weighted by Crippen LogP contribution is -2.34. The summed E-state index contributed by atoms with van der Waals surface area (Å²) >= 11 is 0.844. The molecule has 7 heteroatoms. The number of aromatic nitrogens is 1. The summed E-state index contributed by atoms with van der Waals surface area (Å²) in [5.74, 6) is -1.06. The molecule has 1 aliphatic heterocycles. The number of imide groups is 1. The highest BCUT2D eigenvalue weighted by atomic mass is 32.2. The van der Waals surface area contributed by atoms with Crippen LogP contribution in [0.4, 0.5) is 4.79 Å². The molecule has 0 aliphatic carbocycles. The van der Waals surface area contributed by atoms with Gasteiger partial charge in [0.25, 0.3) is 11.1 Å². The summed E-state index contributed by atoms with van der Waals surface area (Å²) in [6, 6.07) is 8.17. The zero-order chi connectivity index (χ0) is 21.3. The maximum absolute atomic E-state index is 12.6. The Morgan fingerprint density at radius 2 is 1.79 bits per heavy atom. The average Bonchev–Trinajstić information content (AvgIpc) is 3.06. The minimum Gasteiger partial charge on any atom is -0.465 e. The lowest BCUT2D eigenvalue weighted by molar-refractivity contribution is -0.145. The zero-order valence-corrected chi connectivity index (χ0v) is 18.1. The number of rotatable bonds is 5. The molecule has 1 saturated heterocycles. The Morgan fingerprint density at radius 3 is 2.41 bits per heavy atom. The van der Waals surface area contributed by atoms with Gasteiger partial charge >= 0.3 is 5.97 Å². The van der Waals surface area contributed by atoms with Gasteiger partial charge in [-0.25, -0.2) is 0 Å². The van der Waals surface area contributed by atoms with Gasteiger partial charge in [0.15, 0.2) is 0 Å². The smallest absolute Gasteiger partial charge is 0.326 e. The molecule has 152 valence electrons. The molecular weight excluding hydrogens is 388 g/mol. The van der Waals surface area contributed by atoms with Crippen LogP contribution in [0.2, 0.25) is 0 Å². The van der Waals surface area contributed by atoms with E-state index in [0.717, 1.165) is 50.4 Å².